The Hall–Kier alpha value is -0.160. The van der Waals surface area contributed by atoms with Crippen molar-refractivity contribution in [3.8, 4) is 0 Å². The van der Waals surface area contributed by atoms with Crippen molar-refractivity contribution in [2.45, 2.75) is 102 Å². The zero-order valence-corrected chi connectivity index (χ0v) is 14.8. The second-order valence-electron chi connectivity index (χ2n) is 6.79. The first kappa shape index (κ1) is 21.8. The third-order valence-electron chi connectivity index (χ3n) is 4.46. The lowest BCUT2D eigenvalue weighted by atomic mass is 10.0. The lowest BCUT2D eigenvalue weighted by Gasteiger charge is -2.11. The fraction of sp³-hybridized carbons (Fsp3) is 1.00. The summed E-state index contributed by atoms with van der Waals surface area (Å²) in [6.07, 6.45) is 17.3. The van der Waals surface area contributed by atoms with Crippen molar-refractivity contribution in [3.05, 3.63) is 0 Å². The van der Waals surface area contributed by atoms with E-state index in [-0.39, 0.29) is 0 Å². The molecule has 0 heterocycles. The lowest BCUT2D eigenvalue weighted by molar-refractivity contribution is 0.486. The standard InChI is InChI=1S/C18H42N4/c19-15-9-13-17(21)11-7-5-3-1-2-4-6-8-12-18(22)14-10-16-20/h17-18H,1-16,19-22H2. The fourth-order valence-corrected chi connectivity index (χ4v) is 2.92. The fourth-order valence-electron chi connectivity index (χ4n) is 2.92. The maximum absolute atomic E-state index is 6.04. The summed E-state index contributed by atoms with van der Waals surface area (Å²) in [6.45, 7) is 1.54. The summed E-state index contributed by atoms with van der Waals surface area (Å²) >= 11 is 0. The van der Waals surface area contributed by atoms with E-state index in [9.17, 15) is 0 Å². The highest BCUT2D eigenvalue weighted by molar-refractivity contribution is 4.63. The van der Waals surface area contributed by atoms with Gasteiger partial charge in [0.2, 0.25) is 0 Å². The summed E-state index contributed by atoms with van der Waals surface area (Å²) in [6, 6.07) is 0.735. The van der Waals surface area contributed by atoms with Crippen molar-refractivity contribution in [2.24, 2.45) is 22.9 Å². The van der Waals surface area contributed by atoms with Crippen molar-refractivity contribution in [1.82, 2.24) is 0 Å². The first-order valence-electron chi connectivity index (χ1n) is 9.62. The average Bonchev–Trinajstić information content (AvgIpc) is 2.52. The van der Waals surface area contributed by atoms with Gasteiger partial charge in [-0.1, -0.05) is 51.4 Å². The zero-order valence-electron chi connectivity index (χ0n) is 14.8. The van der Waals surface area contributed by atoms with E-state index in [2.05, 4.69) is 0 Å². The molecule has 22 heavy (non-hydrogen) atoms. The highest BCUT2D eigenvalue weighted by Gasteiger charge is 2.02. The predicted molar refractivity (Wildman–Crippen MR) is 98.7 cm³/mol. The minimum absolute atomic E-state index is 0.368. The van der Waals surface area contributed by atoms with Crippen molar-refractivity contribution in [1.29, 1.82) is 0 Å². The molecule has 0 saturated carbocycles. The van der Waals surface area contributed by atoms with Crippen LogP contribution >= 0.6 is 0 Å². The van der Waals surface area contributed by atoms with Gasteiger partial charge in [0.25, 0.3) is 0 Å². The van der Waals surface area contributed by atoms with E-state index < -0.39 is 0 Å². The van der Waals surface area contributed by atoms with Crippen LogP contribution in [-0.4, -0.2) is 25.2 Å². The molecule has 0 aromatic carbocycles. The number of unbranched alkanes of at least 4 members (excludes halogenated alkanes) is 7. The van der Waals surface area contributed by atoms with Crippen LogP contribution in [0.3, 0.4) is 0 Å². The molecule has 0 aliphatic carbocycles. The Bertz CT molecular complexity index is 189. The van der Waals surface area contributed by atoms with Crippen LogP contribution in [0, 0.1) is 0 Å². The molecule has 0 rings (SSSR count). The molecule has 0 aromatic heterocycles. The second kappa shape index (κ2) is 17.2. The van der Waals surface area contributed by atoms with E-state index in [1.807, 2.05) is 0 Å². The molecule has 0 bridgehead atoms. The van der Waals surface area contributed by atoms with Gasteiger partial charge >= 0.3 is 0 Å². The van der Waals surface area contributed by atoms with Gasteiger partial charge in [0.1, 0.15) is 0 Å². The molecule has 0 aromatic rings. The SMILES string of the molecule is NCCCC(N)CCCCCCCCCCC(N)CCCN. The normalized spacial score (nSPS) is 14.2. The molecular weight excluding hydrogens is 272 g/mol. The molecule has 134 valence electrons. The van der Waals surface area contributed by atoms with Crippen LogP contribution in [0.1, 0.15) is 89.9 Å². The van der Waals surface area contributed by atoms with E-state index in [0.717, 1.165) is 38.8 Å². The minimum Gasteiger partial charge on any atom is -0.330 e. The van der Waals surface area contributed by atoms with Crippen LogP contribution in [0.15, 0.2) is 0 Å². The predicted octanol–water partition coefficient (Wildman–Crippen LogP) is 3.02. The monoisotopic (exact) mass is 314 g/mol. The summed E-state index contributed by atoms with van der Waals surface area (Å²) in [5.74, 6) is 0. The van der Waals surface area contributed by atoms with Crippen LogP contribution < -0.4 is 22.9 Å². The molecule has 4 heteroatoms. The Morgan fingerprint density at radius 3 is 1.00 bits per heavy atom. The first-order valence-corrected chi connectivity index (χ1v) is 9.62. The Morgan fingerprint density at radius 1 is 0.409 bits per heavy atom. The van der Waals surface area contributed by atoms with Gasteiger partial charge in [0.05, 0.1) is 0 Å². The summed E-state index contributed by atoms with van der Waals surface area (Å²) in [4.78, 5) is 0. The van der Waals surface area contributed by atoms with Crippen LogP contribution in [0.2, 0.25) is 0 Å². The van der Waals surface area contributed by atoms with Crippen LogP contribution in [0.5, 0.6) is 0 Å². The highest BCUT2D eigenvalue weighted by Crippen LogP contribution is 2.13. The van der Waals surface area contributed by atoms with Gasteiger partial charge in [0.15, 0.2) is 0 Å². The molecular formula is C18H42N4. The molecule has 0 fully saturated rings. The Balaban J connectivity index is 3.14. The van der Waals surface area contributed by atoms with E-state index in [1.165, 1.54) is 64.2 Å². The zero-order chi connectivity index (χ0) is 16.5. The summed E-state index contributed by atoms with van der Waals surface area (Å²) in [5, 5.41) is 0. The number of hydrogen-bond acceptors (Lipinski definition) is 4. The molecule has 0 amide bonds. The van der Waals surface area contributed by atoms with Crippen molar-refractivity contribution in [2.75, 3.05) is 13.1 Å². The number of nitrogens with two attached hydrogens (primary N) is 4. The molecule has 2 atom stereocenters. The maximum Gasteiger partial charge on any atom is 0.00392 e. The topological polar surface area (TPSA) is 104 Å². The third-order valence-corrected chi connectivity index (χ3v) is 4.46. The van der Waals surface area contributed by atoms with Gasteiger partial charge in [-0.05, 0) is 51.6 Å². The number of hydrogen-bond donors (Lipinski definition) is 4. The molecule has 0 spiro atoms. The molecule has 0 aliphatic rings. The largest absolute Gasteiger partial charge is 0.330 e. The van der Waals surface area contributed by atoms with E-state index in [0.29, 0.717) is 12.1 Å². The Kier molecular flexibility index (Phi) is 17.1. The van der Waals surface area contributed by atoms with Gasteiger partial charge in [-0.15, -0.1) is 0 Å². The van der Waals surface area contributed by atoms with Gasteiger partial charge in [-0.25, -0.2) is 0 Å². The molecule has 0 radical (unpaired) electrons. The molecule has 0 aliphatic heterocycles. The molecule has 4 nitrogen and oxygen atoms in total. The third kappa shape index (κ3) is 16.2. The van der Waals surface area contributed by atoms with Crippen molar-refractivity contribution >= 4 is 0 Å². The molecule has 8 N–H and O–H groups in total. The van der Waals surface area contributed by atoms with Crippen molar-refractivity contribution in [3.63, 3.8) is 0 Å². The van der Waals surface area contributed by atoms with Gasteiger partial charge in [-0.3, -0.25) is 0 Å². The summed E-state index contributed by atoms with van der Waals surface area (Å²) in [5.41, 5.74) is 23.1. The minimum atomic E-state index is 0.368. The average molecular weight is 315 g/mol. The molecule has 2 unspecified atom stereocenters. The molecule has 0 saturated heterocycles. The highest BCUT2D eigenvalue weighted by atomic mass is 14.6. The Morgan fingerprint density at radius 2 is 0.682 bits per heavy atom. The lowest BCUT2D eigenvalue weighted by Crippen LogP contribution is -2.20. The van der Waals surface area contributed by atoms with Gasteiger partial charge < -0.3 is 22.9 Å². The second-order valence-corrected chi connectivity index (χ2v) is 6.79. The quantitative estimate of drug-likeness (QED) is 0.310. The Labute approximate surface area is 138 Å². The maximum atomic E-state index is 6.04. The van der Waals surface area contributed by atoms with Crippen LogP contribution in [0.25, 0.3) is 0 Å². The number of rotatable bonds is 17. The smallest absolute Gasteiger partial charge is 0.00392 e. The van der Waals surface area contributed by atoms with Crippen molar-refractivity contribution < 1.29 is 0 Å². The summed E-state index contributed by atoms with van der Waals surface area (Å²) in [7, 11) is 0. The summed E-state index contributed by atoms with van der Waals surface area (Å²) < 4.78 is 0. The van der Waals surface area contributed by atoms with Crippen LogP contribution in [-0.2, 0) is 0 Å². The van der Waals surface area contributed by atoms with Crippen LogP contribution in [0.4, 0.5) is 0 Å². The first-order chi connectivity index (χ1) is 10.7. The van der Waals surface area contributed by atoms with Gasteiger partial charge in [0, 0.05) is 12.1 Å². The van der Waals surface area contributed by atoms with E-state index in [4.69, 9.17) is 22.9 Å². The van der Waals surface area contributed by atoms with Gasteiger partial charge in [-0.2, -0.15) is 0 Å². The van der Waals surface area contributed by atoms with E-state index >= 15 is 0 Å². The van der Waals surface area contributed by atoms with E-state index in [1.54, 1.807) is 0 Å².